The Morgan fingerprint density at radius 1 is 1.50 bits per heavy atom. The highest BCUT2D eigenvalue weighted by Crippen LogP contribution is 2.24. The molecule has 5 nitrogen and oxygen atoms in total. The van der Waals surface area contributed by atoms with E-state index >= 15 is 0 Å². The molecule has 0 saturated carbocycles. The lowest BCUT2D eigenvalue weighted by molar-refractivity contribution is 0.196. The molecule has 18 heavy (non-hydrogen) atoms. The second-order valence-electron chi connectivity index (χ2n) is 4.98. The second kappa shape index (κ2) is 5.40. The van der Waals surface area contributed by atoms with Gasteiger partial charge in [0.05, 0.1) is 21.7 Å². The minimum atomic E-state index is 0.276. The fourth-order valence-electron chi connectivity index (χ4n) is 2.47. The highest BCUT2D eigenvalue weighted by Gasteiger charge is 2.23. The van der Waals surface area contributed by atoms with Gasteiger partial charge in [-0.05, 0) is 48.8 Å². The van der Waals surface area contributed by atoms with Crippen LogP contribution in [0.5, 0.6) is 0 Å². The van der Waals surface area contributed by atoms with Gasteiger partial charge in [-0.3, -0.25) is 15.0 Å². The summed E-state index contributed by atoms with van der Waals surface area (Å²) >= 11 is 3.60. The third kappa shape index (κ3) is 2.75. The fourth-order valence-corrected chi connectivity index (χ4v) is 2.93. The molecule has 1 aromatic rings. The SMILES string of the molecule is Cc1nn(C)c(CN2CCC(C(=N)N)CC2)c1Br. The minimum Gasteiger partial charge on any atom is -0.387 e. The van der Waals surface area contributed by atoms with E-state index in [0.29, 0.717) is 5.84 Å². The molecule has 0 atom stereocenters. The van der Waals surface area contributed by atoms with Gasteiger partial charge in [0.25, 0.3) is 0 Å². The summed E-state index contributed by atoms with van der Waals surface area (Å²) in [5.74, 6) is 0.616. The largest absolute Gasteiger partial charge is 0.387 e. The molecule has 1 fully saturated rings. The number of rotatable bonds is 3. The molecule has 0 aliphatic carbocycles. The topological polar surface area (TPSA) is 70.9 Å². The van der Waals surface area contributed by atoms with Crippen LogP contribution in [0.25, 0.3) is 0 Å². The zero-order chi connectivity index (χ0) is 13.3. The third-order valence-corrected chi connectivity index (χ3v) is 4.69. The van der Waals surface area contributed by atoms with Gasteiger partial charge in [-0.25, -0.2) is 0 Å². The van der Waals surface area contributed by atoms with E-state index in [1.807, 2.05) is 18.7 Å². The molecule has 2 rings (SSSR count). The van der Waals surface area contributed by atoms with Crippen molar-refractivity contribution in [3.8, 4) is 0 Å². The highest BCUT2D eigenvalue weighted by molar-refractivity contribution is 9.10. The average Bonchev–Trinajstić information content (AvgIpc) is 2.57. The Bertz CT molecular complexity index is 446. The summed E-state index contributed by atoms with van der Waals surface area (Å²) < 4.78 is 3.05. The number of nitrogens with one attached hydrogen (secondary N) is 1. The quantitative estimate of drug-likeness (QED) is 0.658. The van der Waals surface area contributed by atoms with E-state index in [1.54, 1.807) is 0 Å². The Morgan fingerprint density at radius 2 is 2.11 bits per heavy atom. The van der Waals surface area contributed by atoms with E-state index in [-0.39, 0.29) is 5.92 Å². The first-order valence-electron chi connectivity index (χ1n) is 6.23. The van der Waals surface area contributed by atoms with Crippen molar-refractivity contribution in [1.29, 1.82) is 5.41 Å². The van der Waals surface area contributed by atoms with Crippen molar-refractivity contribution in [1.82, 2.24) is 14.7 Å². The van der Waals surface area contributed by atoms with Gasteiger partial charge in [0, 0.05) is 19.5 Å². The van der Waals surface area contributed by atoms with Gasteiger partial charge in [-0.1, -0.05) is 0 Å². The predicted molar refractivity (Wildman–Crippen MR) is 75.6 cm³/mol. The molecule has 0 radical (unpaired) electrons. The molecule has 1 aliphatic rings. The lowest BCUT2D eigenvalue weighted by atomic mass is 9.96. The number of amidine groups is 1. The molecule has 6 heteroatoms. The van der Waals surface area contributed by atoms with Crippen LogP contribution in [0.2, 0.25) is 0 Å². The van der Waals surface area contributed by atoms with Crippen LogP contribution in [-0.2, 0) is 13.6 Å². The molecule has 1 aromatic heterocycles. The Morgan fingerprint density at radius 3 is 2.56 bits per heavy atom. The molecule has 0 amide bonds. The van der Waals surface area contributed by atoms with Crippen LogP contribution in [0.15, 0.2) is 4.47 Å². The first kappa shape index (κ1) is 13.5. The summed E-state index contributed by atoms with van der Waals surface area (Å²) in [7, 11) is 1.98. The number of nitrogens with two attached hydrogens (primary N) is 1. The summed E-state index contributed by atoms with van der Waals surface area (Å²) in [5, 5.41) is 11.9. The Labute approximate surface area is 116 Å². The number of hydrogen-bond acceptors (Lipinski definition) is 3. The number of nitrogens with zero attached hydrogens (tertiary/aromatic N) is 3. The van der Waals surface area contributed by atoms with Crippen molar-refractivity contribution in [3.05, 3.63) is 15.9 Å². The molecule has 0 bridgehead atoms. The Balaban J connectivity index is 1.97. The molecule has 100 valence electrons. The number of likely N-dealkylation sites (tertiary alicyclic amines) is 1. The smallest absolute Gasteiger partial charge is 0.0937 e. The molecule has 0 unspecified atom stereocenters. The van der Waals surface area contributed by atoms with E-state index in [2.05, 4.69) is 25.9 Å². The van der Waals surface area contributed by atoms with Gasteiger partial charge >= 0.3 is 0 Å². The van der Waals surface area contributed by atoms with Crippen molar-refractivity contribution in [2.24, 2.45) is 18.7 Å². The maximum atomic E-state index is 7.49. The third-order valence-electron chi connectivity index (χ3n) is 3.66. The summed E-state index contributed by atoms with van der Waals surface area (Å²) in [5.41, 5.74) is 7.81. The number of piperidine rings is 1. The number of hydrogen-bond donors (Lipinski definition) is 2. The second-order valence-corrected chi connectivity index (χ2v) is 5.77. The zero-order valence-corrected chi connectivity index (χ0v) is 12.5. The molecule has 0 spiro atoms. The van der Waals surface area contributed by atoms with Crippen molar-refractivity contribution in [3.63, 3.8) is 0 Å². The number of aryl methyl sites for hydroxylation is 2. The van der Waals surface area contributed by atoms with Crippen LogP contribution >= 0.6 is 15.9 Å². The fraction of sp³-hybridized carbons (Fsp3) is 0.667. The van der Waals surface area contributed by atoms with Crippen LogP contribution in [-0.4, -0.2) is 33.6 Å². The highest BCUT2D eigenvalue weighted by atomic mass is 79.9. The van der Waals surface area contributed by atoms with Gasteiger partial charge in [0.2, 0.25) is 0 Å². The first-order chi connectivity index (χ1) is 8.49. The van der Waals surface area contributed by atoms with Crippen LogP contribution in [0, 0.1) is 18.3 Å². The molecular weight excluding hydrogens is 294 g/mol. The molecule has 1 aliphatic heterocycles. The maximum absolute atomic E-state index is 7.49. The standard InChI is InChI=1S/C12H20BrN5/c1-8-11(13)10(17(2)16-8)7-18-5-3-9(4-6-18)12(14)15/h9H,3-7H2,1-2H3,(H3,14,15). The minimum absolute atomic E-state index is 0.276. The molecule has 0 aromatic carbocycles. The lowest BCUT2D eigenvalue weighted by Crippen LogP contribution is -2.38. The maximum Gasteiger partial charge on any atom is 0.0937 e. The van der Waals surface area contributed by atoms with Crippen LogP contribution in [0.1, 0.15) is 24.2 Å². The van der Waals surface area contributed by atoms with Gasteiger partial charge < -0.3 is 5.73 Å². The molecule has 2 heterocycles. The lowest BCUT2D eigenvalue weighted by Gasteiger charge is -2.31. The number of aromatic nitrogens is 2. The average molecular weight is 314 g/mol. The van der Waals surface area contributed by atoms with Crippen molar-refractivity contribution in [2.45, 2.75) is 26.3 Å². The van der Waals surface area contributed by atoms with E-state index < -0.39 is 0 Å². The van der Waals surface area contributed by atoms with E-state index in [1.165, 1.54) is 5.69 Å². The van der Waals surface area contributed by atoms with Crippen molar-refractivity contribution in [2.75, 3.05) is 13.1 Å². The van der Waals surface area contributed by atoms with Gasteiger partial charge in [-0.15, -0.1) is 0 Å². The summed E-state index contributed by atoms with van der Waals surface area (Å²) in [6.45, 7) is 4.92. The Hall–Kier alpha value is -0.880. The molecular formula is C12H20BrN5. The monoisotopic (exact) mass is 313 g/mol. The van der Waals surface area contributed by atoms with E-state index in [9.17, 15) is 0 Å². The van der Waals surface area contributed by atoms with Gasteiger partial charge in [-0.2, -0.15) is 5.10 Å². The van der Waals surface area contributed by atoms with E-state index in [4.69, 9.17) is 11.1 Å². The zero-order valence-electron chi connectivity index (χ0n) is 10.9. The first-order valence-corrected chi connectivity index (χ1v) is 7.02. The van der Waals surface area contributed by atoms with Crippen molar-refractivity contribution < 1.29 is 0 Å². The Kier molecular flexibility index (Phi) is 4.07. The summed E-state index contributed by atoms with van der Waals surface area (Å²) in [4.78, 5) is 2.40. The van der Waals surface area contributed by atoms with Crippen molar-refractivity contribution >= 4 is 21.8 Å². The normalized spacial score (nSPS) is 18.2. The van der Waals surface area contributed by atoms with Crippen LogP contribution in [0.3, 0.4) is 0 Å². The number of halogens is 1. The van der Waals surface area contributed by atoms with Gasteiger partial charge in [0.15, 0.2) is 0 Å². The summed E-state index contributed by atoms with van der Waals surface area (Å²) in [6.07, 6.45) is 1.98. The molecule has 3 N–H and O–H groups in total. The van der Waals surface area contributed by atoms with E-state index in [0.717, 1.165) is 42.6 Å². The molecule has 1 saturated heterocycles. The van der Waals surface area contributed by atoms with Crippen LogP contribution < -0.4 is 5.73 Å². The predicted octanol–water partition coefficient (Wildman–Crippen LogP) is 1.64. The van der Waals surface area contributed by atoms with Gasteiger partial charge in [0.1, 0.15) is 0 Å². The van der Waals surface area contributed by atoms with Crippen LogP contribution in [0.4, 0.5) is 0 Å². The summed E-state index contributed by atoms with van der Waals surface area (Å²) in [6, 6.07) is 0.